The first kappa shape index (κ1) is 21.1. The number of hydrogen-bond acceptors (Lipinski definition) is 5. The highest BCUT2D eigenvalue weighted by molar-refractivity contribution is 5.89. The van der Waals surface area contributed by atoms with Gasteiger partial charge in [0.1, 0.15) is 6.04 Å². The van der Waals surface area contributed by atoms with E-state index in [0.29, 0.717) is 12.0 Å². The number of aliphatic carboxylic acids is 1. The van der Waals surface area contributed by atoms with Crippen LogP contribution < -0.4 is 5.32 Å². The van der Waals surface area contributed by atoms with Gasteiger partial charge in [0, 0.05) is 26.4 Å². The molecular weight excluding hydrogens is 340 g/mol. The van der Waals surface area contributed by atoms with E-state index in [1.165, 1.54) is 25.9 Å². The minimum absolute atomic E-state index is 0.118. The van der Waals surface area contributed by atoms with Crippen LogP contribution in [0.2, 0.25) is 0 Å². The zero-order chi connectivity index (χ0) is 19.7. The van der Waals surface area contributed by atoms with Gasteiger partial charge in [-0.3, -0.25) is 9.59 Å². The summed E-state index contributed by atoms with van der Waals surface area (Å²) in [4.78, 5) is 47.2. The van der Waals surface area contributed by atoms with Crippen molar-refractivity contribution in [2.24, 2.45) is 0 Å². The number of amides is 2. The van der Waals surface area contributed by atoms with Crippen molar-refractivity contribution in [3.63, 3.8) is 0 Å². The van der Waals surface area contributed by atoms with Crippen LogP contribution in [0.4, 0.5) is 0 Å². The lowest BCUT2D eigenvalue weighted by Gasteiger charge is -2.26. The summed E-state index contributed by atoms with van der Waals surface area (Å²) in [5.74, 6) is -2.11. The first-order valence-corrected chi connectivity index (χ1v) is 8.20. The third kappa shape index (κ3) is 6.54. The molecule has 1 unspecified atom stereocenters. The molecule has 26 heavy (non-hydrogen) atoms. The van der Waals surface area contributed by atoms with Gasteiger partial charge >= 0.3 is 11.9 Å². The Labute approximate surface area is 152 Å². The average Bonchev–Trinajstić information content (AvgIpc) is 2.62. The number of rotatable bonds is 9. The van der Waals surface area contributed by atoms with Crippen LogP contribution in [-0.2, 0) is 25.5 Å². The van der Waals surface area contributed by atoms with Crippen LogP contribution in [0.25, 0.3) is 0 Å². The quantitative estimate of drug-likeness (QED) is 0.628. The number of aryl methyl sites for hydroxylation is 1. The third-order valence-corrected chi connectivity index (χ3v) is 3.87. The molecule has 1 aromatic carbocycles. The Kier molecular flexibility index (Phi) is 8.27. The summed E-state index contributed by atoms with van der Waals surface area (Å²) in [6.45, 7) is 3.09. The van der Waals surface area contributed by atoms with Crippen molar-refractivity contribution in [2.45, 2.75) is 32.7 Å². The number of benzene rings is 1. The molecular formula is C18H24N2O6. The maximum atomic E-state index is 12.4. The number of esters is 1. The van der Waals surface area contributed by atoms with Crippen LogP contribution >= 0.6 is 0 Å². The molecule has 0 aromatic heterocycles. The molecule has 0 radical (unpaired) electrons. The molecule has 1 atom stereocenters. The van der Waals surface area contributed by atoms with Gasteiger partial charge in [0.05, 0.1) is 12.7 Å². The Balaban J connectivity index is 2.68. The van der Waals surface area contributed by atoms with Crippen LogP contribution in [0.1, 0.15) is 36.2 Å². The molecule has 2 N–H and O–H groups in total. The molecule has 8 heteroatoms. The largest absolute Gasteiger partial charge is 0.480 e. The van der Waals surface area contributed by atoms with Gasteiger partial charge in [0.25, 0.3) is 0 Å². The fourth-order valence-electron chi connectivity index (χ4n) is 2.34. The molecule has 0 fully saturated rings. The van der Waals surface area contributed by atoms with Gasteiger partial charge in [-0.05, 0) is 31.0 Å². The summed E-state index contributed by atoms with van der Waals surface area (Å²) < 4.78 is 4.62. The maximum absolute atomic E-state index is 12.4. The normalized spacial score (nSPS) is 11.3. The Morgan fingerprint density at radius 2 is 1.81 bits per heavy atom. The molecule has 8 nitrogen and oxygen atoms in total. The lowest BCUT2D eigenvalue weighted by atomic mass is 10.1. The second-order valence-electron chi connectivity index (χ2n) is 5.77. The van der Waals surface area contributed by atoms with Gasteiger partial charge in [0.15, 0.2) is 0 Å². The number of carboxylic acids is 1. The summed E-state index contributed by atoms with van der Waals surface area (Å²) in [5, 5.41) is 11.7. The fourth-order valence-corrected chi connectivity index (χ4v) is 2.34. The predicted octanol–water partition coefficient (Wildman–Crippen LogP) is 0.844. The highest BCUT2D eigenvalue weighted by atomic mass is 16.5. The number of hydrogen-bond donors (Lipinski definition) is 2. The van der Waals surface area contributed by atoms with Gasteiger partial charge in [-0.25, -0.2) is 9.59 Å². The number of ether oxygens (including phenoxy) is 1. The Morgan fingerprint density at radius 3 is 2.31 bits per heavy atom. The van der Waals surface area contributed by atoms with E-state index in [1.807, 2.05) is 0 Å². The second kappa shape index (κ2) is 10.2. The summed E-state index contributed by atoms with van der Waals surface area (Å²) in [6.07, 6.45) is 0.526. The first-order chi connectivity index (χ1) is 12.3. The van der Waals surface area contributed by atoms with E-state index < -0.39 is 18.0 Å². The van der Waals surface area contributed by atoms with Gasteiger partial charge in [-0.1, -0.05) is 12.1 Å². The second-order valence-corrected chi connectivity index (χ2v) is 5.77. The van der Waals surface area contributed by atoms with Crippen LogP contribution in [0.15, 0.2) is 24.3 Å². The molecule has 1 rings (SSSR count). The van der Waals surface area contributed by atoms with E-state index in [0.717, 1.165) is 5.56 Å². The Morgan fingerprint density at radius 1 is 1.19 bits per heavy atom. The van der Waals surface area contributed by atoms with E-state index in [-0.39, 0.29) is 31.3 Å². The summed E-state index contributed by atoms with van der Waals surface area (Å²) in [7, 11) is 1.30. The molecule has 0 saturated heterocycles. The number of carbonyl (C=O) groups excluding carboxylic acids is 3. The molecule has 0 aliphatic heterocycles. The molecule has 0 spiro atoms. The number of carboxylic acid groups (broad SMARTS) is 1. The first-order valence-electron chi connectivity index (χ1n) is 8.20. The summed E-state index contributed by atoms with van der Waals surface area (Å²) in [5.41, 5.74) is 1.26. The van der Waals surface area contributed by atoms with Gasteiger partial charge in [-0.2, -0.15) is 0 Å². The van der Waals surface area contributed by atoms with E-state index >= 15 is 0 Å². The van der Waals surface area contributed by atoms with Crippen molar-refractivity contribution in [3.8, 4) is 0 Å². The van der Waals surface area contributed by atoms with Crippen LogP contribution in [-0.4, -0.2) is 60.0 Å². The molecule has 0 aliphatic rings. The van der Waals surface area contributed by atoms with Crippen LogP contribution in [0.5, 0.6) is 0 Å². The lowest BCUT2D eigenvalue weighted by molar-refractivity contribution is -0.149. The zero-order valence-electron chi connectivity index (χ0n) is 15.2. The highest BCUT2D eigenvalue weighted by Gasteiger charge is 2.24. The Bertz CT molecular complexity index is 656. The standard InChI is InChI=1S/C18H24N2O6/c1-12(17(23)24)20(11-10-19-13(2)21)16(22)9-6-14-4-7-15(8-5-14)18(25)26-3/h4-5,7-8,12H,6,9-11H2,1-3H3,(H,19,21)(H,23,24). The smallest absolute Gasteiger partial charge is 0.337 e. The average molecular weight is 364 g/mol. The van der Waals surface area contributed by atoms with Crippen molar-refractivity contribution >= 4 is 23.8 Å². The number of nitrogens with zero attached hydrogens (tertiary/aromatic N) is 1. The molecule has 0 bridgehead atoms. The summed E-state index contributed by atoms with van der Waals surface area (Å²) in [6, 6.07) is 5.68. The van der Waals surface area contributed by atoms with Gasteiger partial charge in [-0.15, -0.1) is 0 Å². The molecule has 0 aliphatic carbocycles. The van der Waals surface area contributed by atoms with E-state index in [1.54, 1.807) is 24.3 Å². The van der Waals surface area contributed by atoms with E-state index in [4.69, 9.17) is 0 Å². The molecule has 0 saturated carbocycles. The zero-order valence-corrected chi connectivity index (χ0v) is 15.2. The van der Waals surface area contributed by atoms with Crippen LogP contribution in [0, 0.1) is 0 Å². The van der Waals surface area contributed by atoms with E-state index in [9.17, 15) is 24.3 Å². The molecule has 142 valence electrons. The third-order valence-electron chi connectivity index (χ3n) is 3.87. The van der Waals surface area contributed by atoms with Crippen molar-refractivity contribution in [3.05, 3.63) is 35.4 Å². The summed E-state index contributed by atoms with van der Waals surface area (Å²) >= 11 is 0. The monoisotopic (exact) mass is 364 g/mol. The van der Waals surface area contributed by atoms with Crippen molar-refractivity contribution in [2.75, 3.05) is 20.2 Å². The SMILES string of the molecule is COC(=O)c1ccc(CCC(=O)N(CCNC(C)=O)C(C)C(=O)O)cc1. The minimum Gasteiger partial charge on any atom is -0.480 e. The van der Waals surface area contributed by atoms with Gasteiger partial charge in [0.2, 0.25) is 11.8 Å². The maximum Gasteiger partial charge on any atom is 0.337 e. The predicted molar refractivity (Wildman–Crippen MR) is 93.6 cm³/mol. The topological polar surface area (TPSA) is 113 Å². The van der Waals surface area contributed by atoms with Crippen molar-refractivity contribution < 1.29 is 29.0 Å². The fraction of sp³-hybridized carbons (Fsp3) is 0.444. The van der Waals surface area contributed by atoms with Crippen molar-refractivity contribution in [1.29, 1.82) is 0 Å². The number of carbonyl (C=O) groups is 4. The number of methoxy groups -OCH3 is 1. The molecule has 1 aromatic rings. The van der Waals surface area contributed by atoms with Crippen LogP contribution in [0.3, 0.4) is 0 Å². The lowest BCUT2D eigenvalue weighted by Crippen LogP contribution is -2.46. The highest BCUT2D eigenvalue weighted by Crippen LogP contribution is 2.10. The molecule has 2 amide bonds. The van der Waals surface area contributed by atoms with E-state index in [2.05, 4.69) is 10.1 Å². The number of nitrogens with one attached hydrogen (secondary N) is 1. The Hall–Kier alpha value is -2.90. The van der Waals surface area contributed by atoms with Crippen molar-refractivity contribution in [1.82, 2.24) is 10.2 Å². The van der Waals surface area contributed by atoms with Gasteiger partial charge < -0.3 is 20.1 Å². The minimum atomic E-state index is -1.11. The molecule has 0 heterocycles.